The van der Waals surface area contributed by atoms with E-state index in [1.165, 1.54) is 11.3 Å². The predicted octanol–water partition coefficient (Wildman–Crippen LogP) is 3.27. The van der Waals surface area contributed by atoms with Crippen molar-refractivity contribution in [1.29, 1.82) is 0 Å². The molecular weight excluding hydrogens is 332 g/mol. The molecule has 4 rings (SSSR count). The molecule has 8 heteroatoms. The Balaban J connectivity index is 1.66. The Morgan fingerprint density at radius 3 is 2.87 bits per heavy atom. The second-order valence-corrected chi connectivity index (χ2v) is 7.96. The van der Waals surface area contributed by atoms with E-state index in [4.69, 9.17) is 9.47 Å². The van der Waals surface area contributed by atoms with Gasteiger partial charge in [0, 0.05) is 5.56 Å². The molecule has 1 aliphatic rings. The maximum absolute atomic E-state index is 5.64. The summed E-state index contributed by atoms with van der Waals surface area (Å²) in [6.07, 6.45) is 0. The van der Waals surface area contributed by atoms with Gasteiger partial charge in [-0.25, -0.2) is 0 Å². The summed E-state index contributed by atoms with van der Waals surface area (Å²) >= 11 is 3.36. The first kappa shape index (κ1) is 14.8. The molecule has 1 aliphatic heterocycles. The maximum atomic E-state index is 5.64. The van der Waals surface area contributed by atoms with Crippen LogP contribution in [0.2, 0.25) is 0 Å². The maximum Gasteiger partial charge on any atom is 0.235 e. The molecular formula is C15H16N4O2S2. The Morgan fingerprint density at radius 2 is 2.04 bits per heavy atom. The second kappa shape index (κ2) is 6.01. The van der Waals surface area contributed by atoms with E-state index in [0.29, 0.717) is 18.5 Å². The number of benzene rings is 1. The van der Waals surface area contributed by atoms with Crippen LogP contribution in [-0.2, 0) is 5.75 Å². The largest absolute Gasteiger partial charge is 0.486 e. The number of thioether (sulfide) groups is 1. The molecule has 0 fully saturated rings. The van der Waals surface area contributed by atoms with Gasteiger partial charge in [-0.15, -0.1) is 10.2 Å². The molecule has 0 unspecified atom stereocenters. The monoisotopic (exact) mass is 348 g/mol. The van der Waals surface area contributed by atoms with Crippen molar-refractivity contribution in [2.75, 3.05) is 13.2 Å². The van der Waals surface area contributed by atoms with Gasteiger partial charge < -0.3 is 9.47 Å². The van der Waals surface area contributed by atoms with Crippen LogP contribution in [0.15, 0.2) is 18.2 Å². The summed E-state index contributed by atoms with van der Waals surface area (Å²) in [5.74, 6) is 3.26. The molecule has 0 bridgehead atoms. The predicted molar refractivity (Wildman–Crippen MR) is 91.5 cm³/mol. The van der Waals surface area contributed by atoms with Crippen LogP contribution in [0.3, 0.4) is 0 Å². The van der Waals surface area contributed by atoms with E-state index in [1.807, 2.05) is 34.5 Å². The average Bonchev–Trinajstić information content (AvgIpc) is 3.13. The zero-order valence-corrected chi connectivity index (χ0v) is 14.5. The molecule has 0 aliphatic carbocycles. The second-order valence-electron chi connectivity index (χ2n) is 5.44. The number of fused-ring (bicyclic) bond motifs is 2. The lowest BCUT2D eigenvalue weighted by Crippen LogP contribution is -2.15. The molecule has 0 spiro atoms. The van der Waals surface area contributed by atoms with Crippen molar-refractivity contribution in [2.45, 2.75) is 24.9 Å². The fourth-order valence-corrected chi connectivity index (χ4v) is 3.80. The van der Waals surface area contributed by atoms with Gasteiger partial charge in [0.1, 0.15) is 18.2 Å². The highest BCUT2D eigenvalue weighted by atomic mass is 32.2. The zero-order valence-electron chi connectivity index (χ0n) is 12.9. The summed E-state index contributed by atoms with van der Waals surface area (Å²) in [4.78, 5) is 0.814. The number of hydrogen-bond donors (Lipinski definition) is 0. The SMILES string of the molecule is CC(C)SCc1nnc2sc(-c3ccc4c(c3)OCCO4)nn12. The Morgan fingerprint density at radius 1 is 1.22 bits per heavy atom. The molecule has 1 aromatic carbocycles. The minimum atomic E-state index is 0.554. The molecule has 0 radical (unpaired) electrons. The van der Waals surface area contributed by atoms with E-state index in [2.05, 4.69) is 29.1 Å². The molecule has 6 nitrogen and oxygen atoms in total. The first-order valence-electron chi connectivity index (χ1n) is 7.43. The molecule has 0 saturated heterocycles. The van der Waals surface area contributed by atoms with Crippen LogP contribution in [-0.4, -0.2) is 38.3 Å². The van der Waals surface area contributed by atoms with Crippen LogP contribution in [0, 0.1) is 0 Å². The van der Waals surface area contributed by atoms with Gasteiger partial charge in [0.05, 0.1) is 5.75 Å². The Hall–Kier alpha value is -1.80. The third-order valence-electron chi connectivity index (χ3n) is 3.39. The van der Waals surface area contributed by atoms with Gasteiger partial charge in [0.15, 0.2) is 17.3 Å². The first-order valence-corrected chi connectivity index (χ1v) is 9.30. The minimum Gasteiger partial charge on any atom is -0.486 e. The van der Waals surface area contributed by atoms with Gasteiger partial charge in [0.25, 0.3) is 0 Å². The highest BCUT2D eigenvalue weighted by Crippen LogP contribution is 2.36. The van der Waals surface area contributed by atoms with Crippen LogP contribution in [0.5, 0.6) is 11.5 Å². The Kier molecular flexibility index (Phi) is 3.86. The minimum absolute atomic E-state index is 0.554. The van der Waals surface area contributed by atoms with Gasteiger partial charge in [-0.2, -0.15) is 21.4 Å². The molecule has 120 valence electrons. The fraction of sp³-hybridized carbons (Fsp3) is 0.400. The standard InChI is InChI=1S/C15H16N4O2S2/c1-9(2)22-8-13-16-17-15-19(13)18-14(23-15)10-3-4-11-12(7-10)21-6-5-20-11/h3-4,7,9H,5-6,8H2,1-2H3. The number of rotatable bonds is 4. The van der Waals surface area contributed by atoms with Gasteiger partial charge in [0.2, 0.25) is 4.96 Å². The molecule has 3 aromatic rings. The molecule has 0 atom stereocenters. The number of nitrogens with zero attached hydrogens (tertiary/aromatic N) is 4. The van der Waals surface area contributed by atoms with E-state index < -0.39 is 0 Å². The van der Waals surface area contributed by atoms with E-state index in [9.17, 15) is 0 Å². The number of aromatic nitrogens is 4. The highest BCUT2D eigenvalue weighted by molar-refractivity contribution is 7.99. The van der Waals surface area contributed by atoms with Crippen LogP contribution in [0.4, 0.5) is 0 Å². The van der Waals surface area contributed by atoms with Crippen LogP contribution in [0.1, 0.15) is 19.7 Å². The topological polar surface area (TPSA) is 61.5 Å². The van der Waals surface area contributed by atoms with Crippen LogP contribution < -0.4 is 9.47 Å². The van der Waals surface area contributed by atoms with Crippen LogP contribution >= 0.6 is 23.1 Å². The van der Waals surface area contributed by atoms with Crippen molar-refractivity contribution in [2.24, 2.45) is 0 Å². The van der Waals surface area contributed by atoms with Gasteiger partial charge >= 0.3 is 0 Å². The Labute approximate surface area is 141 Å². The molecule has 3 heterocycles. The van der Waals surface area contributed by atoms with E-state index >= 15 is 0 Å². The highest BCUT2D eigenvalue weighted by Gasteiger charge is 2.17. The van der Waals surface area contributed by atoms with Gasteiger partial charge in [-0.3, -0.25) is 0 Å². The van der Waals surface area contributed by atoms with Crippen molar-refractivity contribution in [3.8, 4) is 22.1 Å². The lowest BCUT2D eigenvalue weighted by atomic mass is 10.2. The van der Waals surface area contributed by atoms with Crippen molar-refractivity contribution >= 4 is 28.1 Å². The zero-order chi connectivity index (χ0) is 15.8. The first-order chi connectivity index (χ1) is 11.2. The van der Waals surface area contributed by atoms with Gasteiger partial charge in [-0.05, 0) is 23.4 Å². The Bertz CT molecular complexity index is 843. The summed E-state index contributed by atoms with van der Waals surface area (Å²) in [5, 5.41) is 14.6. The number of hydrogen-bond acceptors (Lipinski definition) is 7. The van der Waals surface area contributed by atoms with Gasteiger partial charge in [-0.1, -0.05) is 25.2 Å². The summed E-state index contributed by atoms with van der Waals surface area (Å²) in [6.45, 7) is 5.52. The molecule has 2 aromatic heterocycles. The lowest BCUT2D eigenvalue weighted by molar-refractivity contribution is 0.171. The van der Waals surface area contributed by atoms with E-state index in [0.717, 1.165) is 38.6 Å². The van der Waals surface area contributed by atoms with E-state index in [-0.39, 0.29) is 0 Å². The van der Waals surface area contributed by atoms with Crippen LogP contribution in [0.25, 0.3) is 15.5 Å². The average molecular weight is 348 g/mol. The van der Waals surface area contributed by atoms with Crippen molar-refractivity contribution in [1.82, 2.24) is 19.8 Å². The summed E-state index contributed by atoms with van der Waals surface area (Å²) < 4.78 is 13.0. The lowest BCUT2D eigenvalue weighted by Gasteiger charge is -2.18. The molecule has 0 N–H and O–H groups in total. The molecule has 0 amide bonds. The van der Waals surface area contributed by atoms with E-state index in [1.54, 1.807) is 0 Å². The molecule has 0 saturated carbocycles. The fourth-order valence-electron chi connectivity index (χ4n) is 2.28. The third-order valence-corrected chi connectivity index (χ3v) is 5.43. The summed E-state index contributed by atoms with van der Waals surface area (Å²) in [5.41, 5.74) is 1.01. The number of ether oxygens (including phenoxy) is 2. The van der Waals surface area contributed by atoms with Crippen molar-refractivity contribution in [3.05, 3.63) is 24.0 Å². The quantitative estimate of drug-likeness (QED) is 0.721. The molecule has 23 heavy (non-hydrogen) atoms. The third kappa shape index (κ3) is 2.88. The van der Waals surface area contributed by atoms with Crippen molar-refractivity contribution in [3.63, 3.8) is 0 Å². The summed E-state index contributed by atoms with van der Waals surface area (Å²) in [7, 11) is 0. The normalized spacial score (nSPS) is 13.9. The summed E-state index contributed by atoms with van der Waals surface area (Å²) in [6, 6.07) is 5.91. The van der Waals surface area contributed by atoms with Crippen molar-refractivity contribution < 1.29 is 9.47 Å². The smallest absolute Gasteiger partial charge is 0.235 e.